The minimum atomic E-state index is 0. The van der Waals surface area contributed by atoms with E-state index < -0.39 is 0 Å². The minimum Gasteiger partial charge on any atom is -0.493 e. The number of allylic oxidation sites excluding steroid dienone is 1. The predicted octanol–water partition coefficient (Wildman–Crippen LogP) is 3.44. The lowest BCUT2D eigenvalue weighted by Crippen LogP contribution is -2.18. The predicted molar refractivity (Wildman–Crippen MR) is 78.7 cm³/mol. The van der Waals surface area contributed by atoms with Crippen molar-refractivity contribution in [3.05, 3.63) is 41.5 Å². The Hall–Kier alpha value is -0.990. The fourth-order valence-electron chi connectivity index (χ4n) is 2.14. The van der Waals surface area contributed by atoms with Gasteiger partial charge in [-0.05, 0) is 44.0 Å². The fourth-order valence-corrected chi connectivity index (χ4v) is 2.14. The van der Waals surface area contributed by atoms with Gasteiger partial charge >= 0.3 is 0 Å². The molecule has 1 aromatic carbocycles. The average molecular weight is 268 g/mol. The van der Waals surface area contributed by atoms with Crippen molar-refractivity contribution >= 4 is 12.4 Å². The van der Waals surface area contributed by atoms with Crippen LogP contribution in [0.3, 0.4) is 0 Å². The zero-order valence-electron chi connectivity index (χ0n) is 11.2. The molecule has 1 aliphatic heterocycles. The third-order valence-electron chi connectivity index (χ3n) is 3.08. The third-order valence-corrected chi connectivity index (χ3v) is 3.08. The van der Waals surface area contributed by atoms with Crippen molar-refractivity contribution < 1.29 is 4.74 Å². The van der Waals surface area contributed by atoms with Crippen molar-refractivity contribution in [2.75, 3.05) is 20.2 Å². The van der Waals surface area contributed by atoms with E-state index in [-0.39, 0.29) is 12.4 Å². The molecule has 0 N–H and O–H groups in total. The van der Waals surface area contributed by atoms with Crippen LogP contribution in [0.4, 0.5) is 0 Å². The molecular formula is C15H22ClNO. The topological polar surface area (TPSA) is 12.5 Å². The molecule has 1 heterocycles. The van der Waals surface area contributed by atoms with Crippen LogP contribution in [-0.2, 0) is 13.0 Å². The number of aryl methyl sites for hydroxylation is 1. The van der Waals surface area contributed by atoms with Gasteiger partial charge in [0.1, 0.15) is 5.75 Å². The molecule has 18 heavy (non-hydrogen) atoms. The highest BCUT2D eigenvalue weighted by molar-refractivity contribution is 5.85. The standard InChI is InChI=1S/C15H21NO.ClH/c1-3-4-9-16(2)12-13-7-8-14-6-5-10-17-15(14)11-13;/h3-4,7-8,11H,5-6,9-10,12H2,1-2H3;1H/b4-3+;. The highest BCUT2D eigenvalue weighted by Gasteiger charge is 2.10. The highest BCUT2D eigenvalue weighted by atomic mass is 35.5. The number of rotatable bonds is 4. The van der Waals surface area contributed by atoms with E-state index in [4.69, 9.17) is 4.74 Å². The summed E-state index contributed by atoms with van der Waals surface area (Å²) in [7, 11) is 2.14. The van der Waals surface area contributed by atoms with Crippen LogP contribution < -0.4 is 4.74 Å². The Morgan fingerprint density at radius 1 is 1.39 bits per heavy atom. The summed E-state index contributed by atoms with van der Waals surface area (Å²) in [5.41, 5.74) is 2.69. The van der Waals surface area contributed by atoms with E-state index in [1.165, 1.54) is 11.1 Å². The molecule has 0 saturated carbocycles. The molecule has 0 fully saturated rings. The van der Waals surface area contributed by atoms with Crippen molar-refractivity contribution in [1.82, 2.24) is 4.90 Å². The molecule has 2 nitrogen and oxygen atoms in total. The van der Waals surface area contributed by atoms with Gasteiger partial charge in [-0.1, -0.05) is 24.3 Å². The van der Waals surface area contributed by atoms with Gasteiger partial charge in [0.15, 0.2) is 0 Å². The number of hydrogen-bond donors (Lipinski definition) is 0. The first kappa shape index (κ1) is 15.1. The van der Waals surface area contributed by atoms with E-state index in [1.54, 1.807) is 0 Å². The summed E-state index contributed by atoms with van der Waals surface area (Å²) in [5.74, 6) is 1.09. The van der Waals surface area contributed by atoms with Gasteiger partial charge in [0.25, 0.3) is 0 Å². The van der Waals surface area contributed by atoms with Gasteiger partial charge in [-0.2, -0.15) is 0 Å². The van der Waals surface area contributed by atoms with Gasteiger partial charge in [-0.3, -0.25) is 4.90 Å². The number of benzene rings is 1. The Bertz CT molecular complexity index is 403. The Labute approximate surface area is 116 Å². The Kier molecular flexibility index (Phi) is 6.23. The molecule has 0 unspecified atom stereocenters. The van der Waals surface area contributed by atoms with Crippen LogP contribution in [0, 0.1) is 0 Å². The summed E-state index contributed by atoms with van der Waals surface area (Å²) in [5, 5.41) is 0. The molecule has 0 aromatic heterocycles. The average Bonchev–Trinajstić information content (AvgIpc) is 2.36. The van der Waals surface area contributed by atoms with E-state index in [1.807, 2.05) is 0 Å². The van der Waals surface area contributed by atoms with E-state index in [2.05, 4.69) is 49.2 Å². The van der Waals surface area contributed by atoms with Crippen molar-refractivity contribution in [3.8, 4) is 5.75 Å². The normalized spacial score (nSPS) is 14.2. The smallest absolute Gasteiger partial charge is 0.122 e. The van der Waals surface area contributed by atoms with Gasteiger partial charge in [-0.25, -0.2) is 0 Å². The largest absolute Gasteiger partial charge is 0.493 e. The van der Waals surface area contributed by atoms with Crippen LogP contribution >= 0.6 is 12.4 Å². The third kappa shape index (κ3) is 4.04. The summed E-state index contributed by atoms with van der Waals surface area (Å²) in [6.07, 6.45) is 6.57. The molecule has 0 amide bonds. The summed E-state index contributed by atoms with van der Waals surface area (Å²) in [4.78, 5) is 2.30. The van der Waals surface area contributed by atoms with E-state index in [0.29, 0.717) is 0 Å². The zero-order chi connectivity index (χ0) is 12.1. The molecule has 1 aliphatic rings. The molecule has 0 spiro atoms. The second kappa shape index (κ2) is 7.45. The minimum absolute atomic E-state index is 0. The van der Waals surface area contributed by atoms with Crippen molar-refractivity contribution in [3.63, 3.8) is 0 Å². The SMILES string of the molecule is C/C=C/CN(C)Cc1ccc2c(c1)OCCC2.Cl. The van der Waals surface area contributed by atoms with Crippen LogP contribution in [0.25, 0.3) is 0 Å². The second-order valence-electron chi connectivity index (χ2n) is 4.66. The number of likely N-dealkylation sites (N-methyl/N-ethyl adjacent to an activating group) is 1. The Morgan fingerprint density at radius 3 is 3.00 bits per heavy atom. The van der Waals surface area contributed by atoms with Crippen molar-refractivity contribution in [2.45, 2.75) is 26.3 Å². The first-order chi connectivity index (χ1) is 8.29. The zero-order valence-corrected chi connectivity index (χ0v) is 12.0. The molecule has 0 atom stereocenters. The Morgan fingerprint density at radius 2 is 2.22 bits per heavy atom. The van der Waals surface area contributed by atoms with Crippen molar-refractivity contribution in [1.29, 1.82) is 0 Å². The van der Waals surface area contributed by atoms with E-state index in [9.17, 15) is 0 Å². The second-order valence-corrected chi connectivity index (χ2v) is 4.66. The maximum absolute atomic E-state index is 5.69. The molecular weight excluding hydrogens is 246 g/mol. The molecule has 1 aromatic rings. The summed E-state index contributed by atoms with van der Waals surface area (Å²) >= 11 is 0. The van der Waals surface area contributed by atoms with Crippen LogP contribution in [0.5, 0.6) is 5.75 Å². The molecule has 3 heteroatoms. The molecule has 0 saturated heterocycles. The highest BCUT2D eigenvalue weighted by Crippen LogP contribution is 2.26. The quantitative estimate of drug-likeness (QED) is 0.775. The van der Waals surface area contributed by atoms with Gasteiger partial charge in [0, 0.05) is 13.1 Å². The molecule has 2 rings (SSSR count). The van der Waals surface area contributed by atoms with Crippen LogP contribution in [0.2, 0.25) is 0 Å². The maximum atomic E-state index is 5.69. The van der Waals surface area contributed by atoms with Gasteiger partial charge < -0.3 is 4.74 Å². The first-order valence-electron chi connectivity index (χ1n) is 6.34. The van der Waals surface area contributed by atoms with Gasteiger partial charge in [-0.15, -0.1) is 12.4 Å². The number of nitrogens with zero attached hydrogens (tertiary/aromatic N) is 1. The summed E-state index contributed by atoms with van der Waals surface area (Å²) < 4.78 is 5.69. The van der Waals surface area contributed by atoms with Crippen LogP contribution in [-0.4, -0.2) is 25.1 Å². The lowest BCUT2D eigenvalue weighted by Gasteiger charge is -2.20. The van der Waals surface area contributed by atoms with Crippen LogP contribution in [0.15, 0.2) is 30.4 Å². The lowest BCUT2D eigenvalue weighted by atomic mass is 10.0. The van der Waals surface area contributed by atoms with Gasteiger partial charge in [0.2, 0.25) is 0 Å². The fraction of sp³-hybridized carbons (Fsp3) is 0.467. The number of hydrogen-bond acceptors (Lipinski definition) is 2. The Balaban J connectivity index is 0.00000162. The monoisotopic (exact) mass is 267 g/mol. The summed E-state index contributed by atoms with van der Waals surface area (Å²) in [6, 6.07) is 6.63. The van der Waals surface area contributed by atoms with Gasteiger partial charge in [0.05, 0.1) is 6.61 Å². The molecule has 100 valence electrons. The van der Waals surface area contributed by atoms with E-state index in [0.717, 1.165) is 38.3 Å². The lowest BCUT2D eigenvalue weighted by molar-refractivity contribution is 0.287. The number of halogens is 1. The summed E-state index contributed by atoms with van der Waals surface area (Å²) in [6.45, 7) is 4.89. The van der Waals surface area contributed by atoms with E-state index >= 15 is 0 Å². The first-order valence-corrected chi connectivity index (χ1v) is 6.34. The molecule has 0 radical (unpaired) electrons. The molecule has 0 aliphatic carbocycles. The van der Waals surface area contributed by atoms with Crippen molar-refractivity contribution in [2.24, 2.45) is 0 Å². The number of fused-ring (bicyclic) bond motifs is 1. The number of ether oxygens (including phenoxy) is 1. The molecule has 0 bridgehead atoms. The maximum Gasteiger partial charge on any atom is 0.122 e. The van der Waals surface area contributed by atoms with Crippen LogP contribution in [0.1, 0.15) is 24.5 Å².